The highest BCUT2D eigenvalue weighted by Gasteiger charge is 2.18. The van der Waals surface area contributed by atoms with Crippen LogP contribution < -0.4 is 10.2 Å². The lowest BCUT2D eigenvalue weighted by molar-refractivity contribution is 0.0959. The first-order chi connectivity index (χ1) is 10.8. The SMILES string of the molecule is CCOc1ccccc1/C=N\NC(=O)c1cc2c(s1)CCC2. The van der Waals surface area contributed by atoms with Crippen LogP contribution in [0.2, 0.25) is 0 Å². The highest BCUT2D eigenvalue weighted by atomic mass is 32.1. The predicted molar refractivity (Wildman–Crippen MR) is 89.0 cm³/mol. The quantitative estimate of drug-likeness (QED) is 0.679. The lowest BCUT2D eigenvalue weighted by Crippen LogP contribution is -2.16. The molecule has 0 aliphatic heterocycles. The predicted octanol–water partition coefficient (Wildman–Crippen LogP) is 3.40. The Balaban J connectivity index is 1.65. The lowest BCUT2D eigenvalue weighted by Gasteiger charge is -2.05. The van der Waals surface area contributed by atoms with Gasteiger partial charge in [0.25, 0.3) is 5.91 Å². The van der Waals surface area contributed by atoms with Gasteiger partial charge >= 0.3 is 0 Å². The van der Waals surface area contributed by atoms with Crippen molar-refractivity contribution in [1.82, 2.24) is 5.43 Å². The van der Waals surface area contributed by atoms with Gasteiger partial charge < -0.3 is 4.74 Å². The summed E-state index contributed by atoms with van der Waals surface area (Å²) in [6.45, 7) is 2.53. The Morgan fingerprint density at radius 1 is 1.41 bits per heavy atom. The third kappa shape index (κ3) is 3.20. The van der Waals surface area contributed by atoms with Crippen molar-refractivity contribution < 1.29 is 9.53 Å². The largest absolute Gasteiger partial charge is 0.493 e. The van der Waals surface area contributed by atoms with Crippen LogP contribution in [0.5, 0.6) is 5.75 Å². The normalized spacial score (nSPS) is 13.3. The van der Waals surface area contributed by atoms with E-state index in [0.717, 1.165) is 29.0 Å². The van der Waals surface area contributed by atoms with Gasteiger partial charge in [0.2, 0.25) is 0 Å². The summed E-state index contributed by atoms with van der Waals surface area (Å²) in [7, 11) is 0. The van der Waals surface area contributed by atoms with Crippen LogP contribution in [0, 0.1) is 0 Å². The fourth-order valence-corrected chi connectivity index (χ4v) is 3.67. The number of nitrogens with zero attached hydrogens (tertiary/aromatic N) is 1. The highest BCUT2D eigenvalue weighted by Crippen LogP contribution is 2.30. The second-order valence-corrected chi connectivity index (χ2v) is 6.22. The Bertz CT molecular complexity index is 685. The van der Waals surface area contributed by atoms with Crippen LogP contribution in [-0.4, -0.2) is 18.7 Å². The number of nitrogens with one attached hydrogen (secondary N) is 1. The van der Waals surface area contributed by atoms with E-state index in [9.17, 15) is 4.79 Å². The molecule has 2 aromatic rings. The summed E-state index contributed by atoms with van der Waals surface area (Å²) in [6, 6.07) is 9.60. The van der Waals surface area contributed by atoms with Gasteiger partial charge in [0, 0.05) is 10.4 Å². The van der Waals surface area contributed by atoms with Crippen molar-refractivity contribution in [3.8, 4) is 5.75 Å². The first kappa shape index (κ1) is 14.8. The second-order valence-electron chi connectivity index (χ2n) is 5.08. The number of aryl methyl sites for hydroxylation is 2. The minimum Gasteiger partial charge on any atom is -0.493 e. The molecule has 22 heavy (non-hydrogen) atoms. The zero-order valence-corrected chi connectivity index (χ0v) is 13.3. The van der Waals surface area contributed by atoms with Crippen LogP contribution >= 0.6 is 11.3 Å². The molecule has 5 heteroatoms. The van der Waals surface area contributed by atoms with E-state index in [0.29, 0.717) is 6.61 Å². The van der Waals surface area contributed by atoms with E-state index >= 15 is 0 Å². The number of ether oxygens (including phenoxy) is 1. The summed E-state index contributed by atoms with van der Waals surface area (Å²) < 4.78 is 5.52. The molecule has 0 saturated heterocycles. The van der Waals surface area contributed by atoms with Gasteiger partial charge in [0.1, 0.15) is 5.75 Å². The molecule has 1 N–H and O–H groups in total. The lowest BCUT2D eigenvalue weighted by atomic mass is 10.2. The van der Waals surface area contributed by atoms with Crippen molar-refractivity contribution in [3.05, 3.63) is 51.2 Å². The summed E-state index contributed by atoms with van der Waals surface area (Å²) in [4.78, 5) is 14.2. The summed E-state index contributed by atoms with van der Waals surface area (Å²) in [6.07, 6.45) is 5.00. The van der Waals surface area contributed by atoms with Gasteiger partial charge in [0.05, 0.1) is 17.7 Å². The van der Waals surface area contributed by atoms with Crippen LogP contribution in [0.25, 0.3) is 0 Å². The molecule has 0 spiro atoms. The van der Waals surface area contributed by atoms with E-state index in [4.69, 9.17) is 4.74 Å². The Morgan fingerprint density at radius 3 is 3.09 bits per heavy atom. The molecule has 3 rings (SSSR count). The summed E-state index contributed by atoms with van der Waals surface area (Å²) >= 11 is 1.58. The molecule has 1 amide bonds. The van der Waals surface area contributed by atoms with E-state index in [2.05, 4.69) is 10.5 Å². The topological polar surface area (TPSA) is 50.7 Å². The fraction of sp³-hybridized carbons (Fsp3) is 0.294. The van der Waals surface area contributed by atoms with Gasteiger partial charge in [-0.2, -0.15) is 5.10 Å². The van der Waals surface area contributed by atoms with E-state index in [1.807, 2.05) is 37.3 Å². The van der Waals surface area contributed by atoms with Crippen molar-refractivity contribution in [2.75, 3.05) is 6.61 Å². The number of hydrogen-bond acceptors (Lipinski definition) is 4. The number of carbonyl (C=O) groups excluding carboxylic acids is 1. The first-order valence-electron chi connectivity index (χ1n) is 7.44. The fourth-order valence-electron chi connectivity index (χ4n) is 2.53. The van der Waals surface area contributed by atoms with Crippen LogP contribution in [0.4, 0.5) is 0 Å². The second kappa shape index (κ2) is 6.75. The molecule has 4 nitrogen and oxygen atoms in total. The number of amides is 1. The molecule has 0 saturated carbocycles. The van der Waals surface area contributed by atoms with Crippen molar-refractivity contribution in [2.45, 2.75) is 26.2 Å². The minimum absolute atomic E-state index is 0.149. The molecule has 0 bridgehead atoms. The first-order valence-corrected chi connectivity index (χ1v) is 8.26. The van der Waals surface area contributed by atoms with E-state index < -0.39 is 0 Å². The average Bonchev–Trinajstić information content (AvgIpc) is 3.10. The average molecular weight is 314 g/mol. The molecule has 1 aromatic heterocycles. The van der Waals surface area contributed by atoms with Crippen LogP contribution in [0.3, 0.4) is 0 Å². The molecule has 1 aromatic carbocycles. The molecule has 0 radical (unpaired) electrons. The number of para-hydroxylation sites is 1. The summed E-state index contributed by atoms with van der Waals surface area (Å²) in [5.41, 5.74) is 4.76. The Kier molecular flexibility index (Phi) is 4.53. The molecule has 0 atom stereocenters. The molecule has 1 aliphatic carbocycles. The van der Waals surface area contributed by atoms with Crippen molar-refractivity contribution >= 4 is 23.5 Å². The van der Waals surface area contributed by atoms with Crippen molar-refractivity contribution in [2.24, 2.45) is 5.10 Å². The molecule has 114 valence electrons. The Labute approximate surface area is 133 Å². The van der Waals surface area contributed by atoms with Crippen LogP contribution in [-0.2, 0) is 12.8 Å². The molecule has 0 unspecified atom stereocenters. The number of rotatable bonds is 5. The smallest absolute Gasteiger partial charge is 0.281 e. The van der Waals surface area contributed by atoms with Gasteiger partial charge in [-0.05, 0) is 49.9 Å². The number of benzene rings is 1. The maximum Gasteiger partial charge on any atom is 0.281 e. The van der Waals surface area contributed by atoms with Crippen molar-refractivity contribution in [1.29, 1.82) is 0 Å². The van der Waals surface area contributed by atoms with Crippen LogP contribution in [0.15, 0.2) is 35.4 Å². The molecule has 1 aliphatic rings. The third-order valence-corrected chi connectivity index (χ3v) is 4.79. The third-order valence-electron chi connectivity index (χ3n) is 3.56. The number of fused-ring (bicyclic) bond motifs is 1. The standard InChI is InChI=1S/C17H18N2O2S/c1-2-21-14-8-4-3-6-13(14)11-18-19-17(20)16-10-12-7-5-9-15(12)22-16/h3-4,6,8,10-11H,2,5,7,9H2,1H3,(H,19,20)/b18-11-. The number of carbonyl (C=O) groups is 1. The van der Waals surface area contributed by atoms with E-state index in [1.54, 1.807) is 17.6 Å². The monoisotopic (exact) mass is 314 g/mol. The number of hydrazone groups is 1. The maximum absolute atomic E-state index is 12.1. The van der Waals surface area contributed by atoms with Gasteiger partial charge in [0.15, 0.2) is 0 Å². The van der Waals surface area contributed by atoms with Crippen LogP contribution in [0.1, 0.15) is 39.0 Å². The number of thiophene rings is 1. The Hall–Kier alpha value is -2.14. The maximum atomic E-state index is 12.1. The van der Waals surface area contributed by atoms with E-state index in [-0.39, 0.29) is 5.91 Å². The van der Waals surface area contributed by atoms with Gasteiger partial charge in [-0.15, -0.1) is 11.3 Å². The molecular formula is C17H18N2O2S. The highest BCUT2D eigenvalue weighted by molar-refractivity contribution is 7.14. The molecule has 0 fully saturated rings. The number of hydrogen-bond donors (Lipinski definition) is 1. The zero-order chi connectivity index (χ0) is 15.4. The summed E-state index contributed by atoms with van der Waals surface area (Å²) in [5, 5.41) is 4.05. The van der Waals surface area contributed by atoms with Gasteiger partial charge in [-0.1, -0.05) is 12.1 Å². The van der Waals surface area contributed by atoms with Crippen molar-refractivity contribution in [3.63, 3.8) is 0 Å². The minimum atomic E-state index is -0.149. The van der Waals surface area contributed by atoms with Gasteiger partial charge in [-0.25, -0.2) is 5.43 Å². The molecule has 1 heterocycles. The van der Waals surface area contributed by atoms with E-state index in [1.165, 1.54) is 16.9 Å². The summed E-state index contributed by atoms with van der Waals surface area (Å²) in [5.74, 6) is 0.614. The van der Waals surface area contributed by atoms with Gasteiger partial charge in [-0.3, -0.25) is 4.79 Å². The molecular weight excluding hydrogens is 296 g/mol. The zero-order valence-electron chi connectivity index (χ0n) is 12.5. The Morgan fingerprint density at radius 2 is 2.27 bits per heavy atom.